The van der Waals surface area contributed by atoms with Gasteiger partial charge in [0.1, 0.15) is 0 Å². The van der Waals surface area contributed by atoms with Crippen molar-refractivity contribution in [2.75, 3.05) is 18.4 Å². The molecule has 2 heterocycles. The molecule has 2 unspecified atom stereocenters. The molecular weight excluding hydrogens is 304 g/mol. The number of aromatic nitrogens is 2. The number of nitrogens with zero attached hydrogens (tertiary/aromatic N) is 3. The van der Waals surface area contributed by atoms with E-state index in [2.05, 4.69) is 17.0 Å². The van der Waals surface area contributed by atoms with Crippen molar-refractivity contribution in [1.29, 1.82) is 0 Å². The van der Waals surface area contributed by atoms with Crippen molar-refractivity contribution in [1.82, 2.24) is 14.7 Å². The molecule has 1 aliphatic heterocycles. The monoisotopic (exact) mass is 322 g/mol. The van der Waals surface area contributed by atoms with E-state index < -0.39 is 5.41 Å². The molecule has 0 spiro atoms. The minimum absolute atomic E-state index is 0.00120. The zero-order valence-corrected chi connectivity index (χ0v) is 13.2. The van der Waals surface area contributed by atoms with E-state index in [9.17, 15) is 9.59 Å². The lowest BCUT2D eigenvalue weighted by Crippen LogP contribution is -2.34. The van der Waals surface area contributed by atoms with Crippen LogP contribution in [0.1, 0.15) is 6.42 Å². The van der Waals surface area contributed by atoms with Gasteiger partial charge in [0.15, 0.2) is 0 Å². The Hall–Kier alpha value is -2.89. The third kappa shape index (κ3) is 2.31. The van der Waals surface area contributed by atoms with Crippen LogP contribution in [0.3, 0.4) is 0 Å². The number of rotatable bonds is 4. The molecule has 4 rings (SSSR count). The van der Waals surface area contributed by atoms with Gasteiger partial charge in [0.25, 0.3) is 0 Å². The topological polar surface area (TPSA) is 67.2 Å². The summed E-state index contributed by atoms with van der Waals surface area (Å²) in [5.74, 6) is 0.168. The van der Waals surface area contributed by atoms with Crippen molar-refractivity contribution in [3.8, 4) is 5.69 Å². The number of nitrogens with one attached hydrogen (secondary N) is 1. The smallest absolute Gasteiger partial charge is 0.245 e. The minimum Gasteiger partial charge on any atom is -0.338 e. The van der Waals surface area contributed by atoms with Gasteiger partial charge in [-0.1, -0.05) is 6.58 Å². The molecule has 1 saturated carbocycles. The quantitative estimate of drug-likeness (QED) is 0.874. The van der Waals surface area contributed by atoms with Gasteiger partial charge in [-0.3, -0.25) is 9.59 Å². The Morgan fingerprint density at radius 1 is 1.33 bits per heavy atom. The van der Waals surface area contributed by atoms with Gasteiger partial charge >= 0.3 is 0 Å². The predicted molar refractivity (Wildman–Crippen MR) is 89.5 cm³/mol. The average molecular weight is 322 g/mol. The van der Waals surface area contributed by atoms with Gasteiger partial charge in [-0.15, -0.1) is 0 Å². The predicted octanol–water partition coefficient (Wildman–Crippen LogP) is 1.85. The molecule has 24 heavy (non-hydrogen) atoms. The fraction of sp³-hybridized carbons (Fsp3) is 0.278. The van der Waals surface area contributed by atoms with E-state index in [0.29, 0.717) is 13.1 Å². The van der Waals surface area contributed by atoms with Gasteiger partial charge in [-0.25, -0.2) is 4.68 Å². The van der Waals surface area contributed by atoms with Gasteiger partial charge in [-0.05, 0) is 48.7 Å². The Kier molecular flexibility index (Phi) is 3.26. The summed E-state index contributed by atoms with van der Waals surface area (Å²) in [4.78, 5) is 26.1. The molecule has 2 aliphatic rings. The molecule has 1 N–H and O–H groups in total. The maximum Gasteiger partial charge on any atom is 0.245 e. The number of fused-ring (bicyclic) bond motifs is 1. The number of carbonyl (C=O) groups is 2. The first kappa shape index (κ1) is 14.7. The van der Waals surface area contributed by atoms with E-state index in [1.54, 1.807) is 15.8 Å². The molecule has 0 radical (unpaired) electrons. The van der Waals surface area contributed by atoms with Crippen LogP contribution in [-0.2, 0) is 9.59 Å². The summed E-state index contributed by atoms with van der Waals surface area (Å²) in [6, 6.07) is 9.41. The van der Waals surface area contributed by atoms with E-state index >= 15 is 0 Å². The number of likely N-dealkylation sites (tertiary alicyclic amines) is 1. The summed E-state index contributed by atoms with van der Waals surface area (Å²) in [6.07, 6.45) is 5.75. The molecule has 6 nitrogen and oxygen atoms in total. The zero-order chi connectivity index (χ0) is 16.7. The van der Waals surface area contributed by atoms with Crippen LogP contribution in [0.25, 0.3) is 5.69 Å². The molecule has 1 saturated heterocycles. The summed E-state index contributed by atoms with van der Waals surface area (Å²) in [5, 5.41) is 7.16. The molecule has 1 aromatic heterocycles. The maximum absolute atomic E-state index is 12.7. The van der Waals surface area contributed by atoms with E-state index in [4.69, 9.17) is 0 Å². The molecule has 6 heteroatoms. The largest absolute Gasteiger partial charge is 0.338 e. The Bertz CT molecular complexity index is 797. The molecule has 2 fully saturated rings. The van der Waals surface area contributed by atoms with Crippen LogP contribution in [0.4, 0.5) is 5.69 Å². The second-order valence-corrected chi connectivity index (χ2v) is 6.43. The third-order valence-corrected chi connectivity index (χ3v) is 4.98. The summed E-state index contributed by atoms with van der Waals surface area (Å²) in [7, 11) is 0. The summed E-state index contributed by atoms with van der Waals surface area (Å²) in [6.45, 7) is 4.65. The number of amides is 2. The fourth-order valence-electron chi connectivity index (χ4n) is 3.51. The van der Waals surface area contributed by atoms with Crippen molar-refractivity contribution >= 4 is 17.5 Å². The first-order chi connectivity index (χ1) is 11.6. The van der Waals surface area contributed by atoms with Crippen molar-refractivity contribution in [3.63, 3.8) is 0 Å². The first-order valence-electron chi connectivity index (χ1n) is 7.95. The van der Waals surface area contributed by atoms with Gasteiger partial charge in [0, 0.05) is 31.2 Å². The molecule has 122 valence electrons. The molecule has 2 atom stereocenters. The van der Waals surface area contributed by atoms with Crippen LogP contribution >= 0.6 is 0 Å². The molecule has 0 bridgehead atoms. The van der Waals surface area contributed by atoms with Crippen LogP contribution in [0, 0.1) is 11.3 Å². The summed E-state index contributed by atoms with van der Waals surface area (Å²) < 4.78 is 1.76. The van der Waals surface area contributed by atoms with Crippen molar-refractivity contribution < 1.29 is 9.59 Å². The number of benzene rings is 1. The number of hydrogen-bond donors (Lipinski definition) is 1. The molecule has 1 aromatic carbocycles. The lowest BCUT2D eigenvalue weighted by atomic mass is 10.1. The van der Waals surface area contributed by atoms with Crippen molar-refractivity contribution in [2.24, 2.45) is 11.3 Å². The van der Waals surface area contributed by atoms with E-state index in [-0.39, 0.29) is 17.7 Å². The Morgan fingerprint density at radius 3 is 2.79 bits per heavy atom. The van der Waals surface area contributed by atoms with Crippen LogP contribution < -0.4 is 5.32 Å². The lowest BCUT2D eigenvalue weighted by molar-refractivity contribution is -0.126. The van der Waals surface area contributed by atoms with Crippen LogP contribution in [-0.4, -0.2) is 39.6 Å². The van der Waals surface area contributed by atoms with E-state index in [0.717, 1.165) is 17.8 Å². The van der Waals surface area contributed by atoms with Crippen molar-refractivity contribution in [2.45, 2.75) is 6.42 Å². The lowest BCUT2D eigenvalue weighted by Gasteiger charge is -2.19. The van der Waals surface area contributed by atoms with Gasteiger partial charge in [0.2, 0.25) is 11.8 Å². The normalized spacial score (nSPS) is 24.3. The first-order valence-corrected chi connectivity index (χ1v) is 7.95. The fourth-order valence-corrected chi connectivity index (χ4v) is 3.51. The van der Waals surface area contributed by atoms with Crippen molar-refractivity contribution in [3.05, 3.63) is 55.4 Å². The Morgan fingerprint density at radius 2 is 2.12 bits per heavy atom. The number of piperidine rings is 1. The van der Waals surface area contributed by atoms with Crippen LogP contribution in [0.2, 0.25) is 0 Å². The summed E-state index contributed by atoms with van der Waals surface area (Å²) >= 11 is 0. The van der Waals surface area contributed by atoms with Crippen LogP contribution in [0.15, 0.2) is 55.4 Å². The highest BCUT2D eigenvalue weighted by Gasteiger charge is 2.65. The SMILES string of the molecule is C=CC(=O)N1CC2CC2(C(=O)Nc2ccc(-n3cccn3)cc2)C1. The van der Waals surface area contributed by atoms with Gasteiger partial charge in [-0.2, -0.15) is 5.10 Å². The maximum atomic E-state index is 12.7. The van der Waals surface area contributed by atoms with Crippen LogP contribution in [0.5, 0.6) is 0 Å². The number of carbonyl (C=O) groups excluding carboxylic acids is 2. The molecule has 2 aromatic rings. The van der Waals surface area contributed by atoms with E-state index in [1.807, 2.05) is 36.5 Å². The van der Waals surface area contributed by atoms with E-state index in [1.165, 1.54) is 6.08 Å². The second-order valence-electron chi connectivity index (χ2n) is 6.43. The molecule has 2 amide bonds. The third-order valence-electron chi connectivity index (χ3n) is 4.98. The molecular formula is C18H18N4O2. The highest BCUT2D eigenvalue weighted by molar-refractivity contribution is 5.99. The highest BCUT2D eigenvalue weighted by atomic mass is 16.2. The summed E-state index contributed by atoms with van der Waals surface area (Å²) in [5.41, 5.74) is 1.27. The Balaban J connectivity index is 1.44. The minimum atomic E-state index is -0.417. The highest BCUT2D eigenvalue weighted by Crippen LogP contribution is 2.58. The number of anilines is 1. The number of hydrogen-bond acceptors (Lipinski definition) is 3. The average Bonchev–Trinajstić information content (AvgIpc) is 2.97. The molecule has 1 aliphatic carbocycles. The van der Waals surface area contributed by atoms with Gasteiger partial charge in [0.05, 0.1) is 11.1 Å². The standard InChI is InChI=1S/C18H18N4O2/c1-2-16(23)21-11-13-10-18(13,12-21)17(24)20-14-4-6-15(7-5-14)22-9-3-8-19-22/h2-9,13H,1,10-12H2,(H,20,24). The Labute approximate surface area is 139 Å². The zero-order valence-electron chi connectivity index (χ0n) is 13.2. The second kappa shape index (κ2) is 5.33. The van der Waals surface area contributed by atoms with Gasteiger partial charge < -0.3 is 10.2 Å².